The van der Waals surface area contributed by atoms with Gasteiger partial charge in [-0.15, -0.1) is 23.5 Å². The van der Waals surface area contributed by atoms with Crippen LogP contribution in [0.25, 0.3) is 0 Å². The quantitative estimate of drug-likeness (QED) is 0.624. The second kappa shape index (κ2) is 6.34. The van der Waals surface area contributed by atoms with Gasteiger partial charge in [-0.2, -0.15) is 0 Å². The lowest BCUT2D eigenvalue weighted by Gasteiger charge is -2.11. The molecule has 0 aromatic heterocycles. The molecule has 0 radical (unpaired) electrons. The Kier molecular flexibility index (Phi) is 4.78. The molecule has 0 saturated carbocycles. The summed E-state index contributed by atoms with van der Waals surface area (Å²) in [5.74, 6) is 0.0458. The average Bonchev–Trinajstić information content (AvgIpc) is 2.75. The van der Waals surface area contributed by atoms with Crippen LogP contribution in [0.1, 0.15) is 5.56 Å². The Morgan fingerprint density at radius 3 is 2.56 bits per heavy atom. The number of carbonyl (C=O) groups excluding carboxylic acids is 1. The number of benzene rings is 1. The maximum Gasteiger partial charge on any atom is 0.336 e. The van der Waals surface area contributed by atoms with Crippen LogP contribution in [0.15, 0.2) is 40.1 Å². The topological polar surface area (TPSA) is 26.3 Å². The Hall–Kier alpha value is -0.870. The van der Waals surface area contributed by atoms with Gasteiger partial charge >= 0.3 is 5.97 Å². The summed E-state index contributed by atoms with van der Waals surface area (Å²) in [7, 11) is 0. The number of cyclic esters (lactones) is 1. The zero-order valence-corrected chi connectivity index (χ0v) is 12.1. The number of thioether (sulfide) groups is 2. The largest absolute Gasteiger partial charge is 0.462 e. The number of rotatable bonds is 4. The van der Waals surface area contributed by atoms with Gasteiger partial charge in [-0.1, -0.05) is 30.3 Å². The average molecular weight is 280 g/mol. The van der Waals surface area contributed by atoms with Crippen LogP contribution in [0.2, 0.25) is 0 Å². The van der Waals surface area contributed by atoms with E-state index < -0.39 is 0 Å². The zero-order valence-electron chi connectivity index (χ0n) is 10.5. The summed E-state index contributed by atoms with van der Waals surface area (Å²) in [5, 5.41) is 0. The van der Waals surface area contributed by atoms with Gasteiger partial charge in [-0.05, 0) is 24.5 Å². The number of esters is 1. The summed E-state index contributed by atoms with van der Waals surface area (Å²) in [6.45, 7) is 0.508. The molecule has 2 rings (SSSR count). The summed E-state index contributed by atoms with van der Waals surface area (Å²) < 4.78 is 6.29. The van der Waals surface area contributed by atoms with Crippen molar-refractivity contribution in [1.29, 1.82) is 0 Å². The van der Waals surface area contributed by atoms with Crippen LogP contribution in [0.3, 0.4) is 0 Å². The molecule has 1 atom stereocenters. The second-order valence-electron chi connectivity index (χ2n) is 4.09. The number of hydrogen-bond donors (Lipinski definition) is 0. The van der Waals surface area contributed by atoms with Crippen LogP contribution in [-0.4, -0.2) is 25.1 Å². The Balaban J connectivity index is 2.22. The molecular weight excluding hydrogens is 264 g/mol. The molecule has 1 aliphatic rings. The summed E-state index contributed by atoms with van der Waals surface area (Å²) >= 11 is 3.25. The van der Waals surface area contributed by atoms with E-state index in [0.717, 1.165) is 16.2 Å². The third-order valence-electron chi connectivity index (χ3n) is 2.96. The standard InChI is InChI=1S/C14H16O2S2/c1-17-14(18-2)12-11(9-16-13(12)15)8-10-6-4-3-5-7-10/h3-7,11H,8-9H2,1-2H3. The van der Waals surface area contributed by atoms with Gasteiger partial charge in [-0.25, -0.2) is 4.79 Å². The van der Waals surface area contributed by atoms with Gasteiger partial charge < -0.3 is 4.74 Å². The molecule has 1 aromatic carbocycles. The third-order valence-corrected chi connectivity index (χ3v) is 5.14. The van der Waals surface area contributed by atoms with Gasteiger partial charge in [0, 0.05) is 5.92 Å². The molecule has 18 heavy (non-hydrogen) atoms. The molecule has 96 valence electrons. The van der Waals surface area contributed by atoms with Gasteiger partial charge in [0.25, 0.3) is 0 Å². The smallest absolute Gasteiger partial charge is 0.336 e. The molecule has 1 saturated heterocycles. The van der Waals surface area contributed by atoms with Crippen molar-refractivity contribution in [1.82, 2.24) is 0 Å². The summed E-state index contributed by atoms with van der Waals surface area (Å²) in [6.07, 6.45) is 4.88. The number of hydrogen-bond acceptors (Lipinski definition) is 4. The van der Waals surface area contributed by atoms with Gasteiger partial charge in [0.05, 0.1) is 16.4 Å². The van der Waals surface area contributed by atoms with Crippen molar-refractivity contribution >= 4 is 29.5 Å². The van der Waals surface area contributed by atoms with Crippen LogP contribution in [-0.2, 0) is 16.0 Å². The molecule has 0 N–H and O–H groups in total. The molecule has 1 unspecified atom stereocenters. The minimum atomic E-state index is -0.144. The van der Waals surface area contributed by atoms with E-state index in [1.54, 1.807) is 23.5 Å². The van der Waals surface area contributed by atoms with Crippen LogP contribution in [0.5, 0.6) is 0 Å². The fourth-order valence-electron chi connectivity index (χ4n) is 2.12. The van der Waals surface area contributed by atoms with Crippen molar-refractivity contribution in [3.05, 3.63) is 45.7 Å². The maximum absolute atomic E-state index is 11.8. The molecule has 0 amide bonds. The molecule has 1 aliphatic heterocycles. The molecule has 4 heteroatoms. The highest BCUT2D eigenvalue weighted by atomic mass is 32.2. The van der Waals surface area contributed by atoms with Gasteiger partial charge in [-0.3, -0.25) is 0 Å². The predicted octanol–water partition coefficient (Wildman–Crippen LogP) is 3.34. The Morgan fingerprint density at radius 2 is 1.94 bits per heavy atom. The van der Waals surface area contributed by atoms with E-state index in [2.05, 4.69) is 12.1 Å². The lowest BCUT2D eigenvalue weighted by Crippen LogP contribution is -2.08. The SMILES string of the molecule is CSC(SC)=C1C(=O)OCC1Cc1ccccc1. The van der Waals surface area contributed by atoms with E-state index >= 15 is 0 Å². The first-order valence-electron chi connectivity index (χ1n) is 5.79. The fraction of sp³-hybridized carbons (Fsp3) is 0.357. The molecule has 1 aromatic rings. The van der Waals surface area contributed by atoms with Crippen molar-refractivity contribution in [2.75, 3.05) is 19.1 Å². The first-order valence-corrected chi connectivity index (χ1v) is 8.24. The Bertz CT molecular complexity index is 448. The van der Waals surface area contributed by atoms with E-state index in [1.165, 1.54) is 5.56 Å². The molecular formula is C14H16O2S2. The highest BCUT2D eigenvalue weighted by molar-refractivity contribution is 8.21. The van der Waals surface area contributed by atoms with Crippen molar-refractivity contribution in [2.24, 2.45) is 5.92 Å². The Labute approximate surface area is 116 Å². The highest BCUT2D eigenvalue weighted by Crippen LogP contribution is 2.36. The first kappa shape index (κ1) is 13.6. The van der Waals surface area contributed by atoms with Crippen LogP contribution in [0.4, 0.5) is 0 Å². The Morgan fingerprint density at radius 1 is 1.28 bits per heavy atom. The molecule has 1 fully saturated rings. The maximum atomic E-state index is 11.8. The van der Waals surface area contributed by atoms with Crippen LogP contribution in [0, 0.1) is 5.92 Å². The van der Waals surface area contributed by atoms with E-state index in [1.807, 2.05) is 30.7 Å². The second-order valence-corrected chi connectivity index (χ2v) is 5.99. The summed E-state index contributed by atoms with van der Waals surface area (Å²) in [5.41, 5.74) is 2.11. The lowest BCUT2D eigenvalue weighted by atomic mass is 9.95. The molecule has 0 bridgehead atoms. The van der Waals surface area contributed by atoms with Gasteiger partial charge in [0.2, 0.25) is 0 Å². The normalized spacial score (nSPS) is 18.9. The van der Waals surface area contributed by atoms with E-state index in [-0.39, 0.29) is 11.9 Å². The number of ether oxygens (including phenoxy) is 1. The van der Waals surface area contributed by atoms with Crippen molar-refractivity contribution in [3.63, 3.8) is 0 Å². The fourth-order valence-corrected chi connectivity index (χ4v) is 3.72. The molecule has 0 spiro atoms. The minimum Gasteiger partial charge on any atom is -0.462 e. The van der Waals surface area contributed by atoms with E-state index in [0.29, 0.717) is 6.61 Å². The molecule has 1 heterocycles. The monoisotopic (exact) mass is 280 g/mol. The molecule has 0 aliphatic carbocycles. The van der Waals surface area contributed by atoms with Gasteiger partial charge in [0.1, 0.15) is 0 Å². The van der Waals surface area contributed by atoms with E-state index in [4.69, 9.17) is 4.74 Å². The zero-order chi connectivity index (χ0) is 13.0. The molecule has 2 nitrogen and oxygen atoms in total. The lowest BCUT2D eigenvalue weighted by molar-refractivity contribution is -0.135. The van der Waals surface area contributed by atoms with Crippen molar-refractivity contribution in [2.45, 2.75) is 6.42 Å². The minimum absolute atomic E-state index is 0.144. The van der Waals surface area contributed by atoms with Gasteiger partial charge in [0.15, 0.2) is 0 Å². The van der Waals surface area contributed by atoms with Crippen LogP contribution >= 0.6 is 23.5 Å². The van der Waals surface area contributed by atoms with Crippen LogP contribution < -0.4 is 0 Å². The summed E-state index contributed by atoms with van der Waals surface area (Å²) in [4.78, 5) is 11.8. The number of carbonyl (C=O) groups is 1. The van der Waals surface area contributed by atoms with Crippen molar-refractivity contribution < 1.29 is 9.53 Å². The van der Waals surface area contributed by atoms with E-state index in [9.17, 15) is 4.79 Å². The third kappa shape index (κ3) is 2.93. The highest BCUT2D eigenvalue weighted by Gasteiger charge is 2.33. The first-order chi connectivity index (χ1) is 8.76. The predicted molar refractivity (Wildman–Crippen MR) is 78.7 cm³/mol. The van der Waals surface area contributed by atoms with Crippen molar-refractivity contribution in [3.8, 4) is 0 Å². The summed E-state index contributed by atoms with van der Waals surface area (Å²) in [6, 6.07) is 10.3.